The van der Waals surface area contributed by atoms with E-state index in [9.17, 15) is 0 Å². The number of rotatable bonds is 2. The molecular formula is C16H19Cl3SiTi. The number of hydrogen-bond acceptors (Lipinski definition) is 0. The molecule has 0 N–H and O–H groups in total. The monoisotopic (exact) mass is 392 g/mol. The van der Waals surface area contributed by atoms with Crippen molar-refractivity contribution in [3.05, 3.63) is 54.1 Å². The predicted molar refractivity (Wildman–Crippen MR) is 77.1 cm³/mol. The number of halogens is 3. The largest absolute Gasteiger partial charge is 4.00 e. The van der Waals surface area contributed by atoms with Crippen LogP contribution < -0.4 is 47.6 Å². The van der Waals surface area contributed by atoms with Crippen LogP contribution in [0.5, 0.6) is 0 Å². The molecule has 5 heteroatoms. The van der Waals surface area contributed by atoms with Crippen LogP contribution in [0.3, 0.4) is 0 Å². The Morgan fingerprint density at radius 1 is 0.905 bits per heavy atom. The Labute approximate surface area is 162 Å². The summed E-state index contributed by atoms with van der Waals surface area (Å²) in [5, 5.41) is 3.31. The van der Waals surface area contributed by atoms with E-state index in [1.54, 1.807) is 10.4 Å². The SMILES string of the molecule is Cc1cc[c-]([Si]2(c3ccccc3)CCCC2)c1.[Cl-].[Cl-].[Cl-].[Ti+4]. The minimum Gasteiger partial charge on any atom is -1.00 e. The van der Waals surface area contributed by atoms with Crippen LogP contribution in [0, 0.1) is 6.92 Å². The summed E-state index contributed by atoms with van der Waals surface area (Å²) in [7, 11) is -1.36. The number of aryl methyl sites for hydroxylation is 1. The second-order valence-corrected chi connectivity index (χ2v) is 9.65. The van der Waals surface area contributed by atoms with Gasteiger partial charge in [-0.3, -0.25) is 0 Å². The van der Waals surface area contributed by atoms with E-state index < -0.39 is 8.07 Å². The zero-order chi connectivity index (χ0) is 11.7. The Balaban J connectivity index is 0. The molecule has 3 rings (SSSR count). The third kappa shape index (κ3) is 4.67. The van der Waals surface area contributed by atoms with Crippen LogP contribution in [0.25, 0.3) is 0 Å². The molecule has 0 unspecified atom stereocenters. The van der Waals surface area contributed by atoms with Crippen molar-refractivity contribution >= 4 is 18.4 Å². The van der Waals surface area contributed by atoms with Crippen molar-refractivity contribution in [3.8, 4) is 0 Å². The third-order valence-electron chi connectivity index (χ3n) is 4.25. The molecule has 112 valence electrons. The molecule has 0 amide bonds. The van der Waals surface area contributed by atoms with E-state index >= 15 is 0 Å². The summed E-state index contributed by atoms with van der Waals surface area (Å²) in [6.07, 6.45) is 2.84. The molecule has 1 saturated heterocycles. The predicted octanol–water partition coefficient (Wildman–Crippen LogP) is -5.92. The summed E-state index contributed by atoms with van der Waals surface area (Å²) < 4.78 is 0. The van der Waals surface area contributed by atoms with Gasteiger partial charge in [0.15, 0.2) is 0 Å². The Morgan fingerprint density at radius 2 is 1.48 bits per heavy atom. The summed E-state index contributed by atoms with van der Waals surface area (Å²) in [5.74, 6) is 0. The van der Waals surface area contributed by atoms with Gasteiger partial charge in [-0.25, -0.2) is 11.6 Å². The van der Waals surface area contributed by atoms with Gasteiger partial charge in [0, 0.05) is 0 Å². The summed E-state index contributed by atoms with van der Waals surface area (Å²) in [5.41, 5.74) is 1.43. The molecule has 21 heavy (non-hydrogen) atoms. The average molecular weight is 394 g/mol. The maximum Gasteiger partial charge on any atom is 4.00 e. The number of benzene rings is 1. The van der Waals surface area contributed by atoms with Gasteiger partial charge >= 0.3 is 21.7 Å². The van der Waals surface area contributed by atoms with Crippen molar-refractivity contribution in [2.24, 2.45) is 0 Å². The van der Waals surface area contributed by atoms with E-state index in [1.165, 1.54) is 30.5 Å². The molecule has 0 aromatic heterocycles. The third-order valence-corrected chi connectivity index (χ3v) is 9.51. The molecule has 0 saturated carbocycles. The molecule has 2 aromatic rings. The van der Waals surface area contributed by atoms with Crippen molar-refractivity contribution in [1.82, 2.24) is 0 Å². The van der Waals surface area contributed by atoms with Crippen molar-refractivity contribution < 1.29 is 58.9 Å². The topological polar surface area (TPSA) is 0 Å². The van der Waals surface area contributed by atoms with Crippen molar-refractivity contribution in [2.45, 2.75) is 31.9 Å². The van der Waals surface area contributed by atoms with Crippen LogP contribution in [0.4, 0.5) is 0 Å². The molecule has 1 fully saturated rings. The van der Waals surface area contributed by atoms with Gasteiger partial charge in [0.25, 0.3) is 0 Å². The minimum atomic E-state index is -1.36. The molecular weight excluding hydrogens is 374 g/mol. The first-order chi connectivity index (χ1) is 8.31. The Hall–Kier alpha value is 0.371. The van der Waals surface area contributed by atoms with Gasteiger partial charge in [-0.2, -0.15) is 17.3 Å². The van der Waals surface area contributed by atoms with Crippen molar-refractivity contribution in [3.63, 3.8) is 0 Å². The van der Waals surface area contributed by atoms with Gasteiger partial charge in [0.2, 0.25) is 0 Å². The summed E-state index contributed by atoms with van der Waals surface area (Å²) in [4.78, 5) is 0. The Kier molecular flexibility index (Phi) is 11.5. The van der Waals surface area contributed by atoms with E-state index in [4.69, 9.17) is 0 Å². The maximum absolute atomic E-state index is 2.44. The van der Waals surface area contributed by atoms with Crippen LogP contribution >= 0.6 is 0 Å². The second kappa shape index (κ2) is 10.2. The Morgan fingerprint density at radius 3 is 1.95 bits per heavy atom. The van der Waals surface area contributed by atoms with Gasteiger partial charge in [0.05, 0.1) is 8.07 Å². The smallest absolute Gasteiger partial charge is 1.00 e. The first-order valence-corrected chi connectivity index (χ1v) is 9.02. The molecule has 0 spiro atoms. The van der Waals surface area contributed by atoms with Crippen LogP contribution in [0.1, 0.15) is 18.4 Å². The van der Waals surface area contributed by atoms with Crippen LogP contribution in [0.2, 0.25) is 12.1 Å². The fraction of sp³-hybridized carbons (Fsp3) is 0.312. The van der Waals surface area contributed by atoms with Crippen molar-refractivity contribution in [2.75, 3.05) is 0 Å². The van der Waals surface area contributed by atoms with E-state index in [0.29, 0.717) is 0 Å². The molecule has 1 aliphatic heterocycles. The molecule has 0 atom stereocenters. The van der Waals surface area contributed by atoms with Crippen LogP contribution in [-0.2, 0) is 21.7 Å². The molecule has 1 heterocycles. The zero-order valence-electron chi connectivity index (χ0n) is 12.1. The molecule has 0 aliphatic carbocycles. The molecule has 0 radical (unpaired) electrons. The van der Waals surface area contributed by atoms with E-state index in [-0.39, 0.29) is 58.9 Å². The zero-order valence-corrected chi connectivity index (χ0v) is 16.9. The summed E-state index contributed by atoms with van der Waals surface area (Å²) >= 11 is 0. The average Bonchev–Trinajstić information content (AvgIpc) is 2.99. The van der Waals surface area contributed by atoms with E-state index in [2.05, 4.69) is 55.5 Å². The van der Waals surface area contributed by atoms with Gasteiger partial charge in [-0.05, 0) is 0 Å². The van der Waals surface area contributed by atoms with E-state index in [0.717, 1.165) is 0 Å². The molecule has 0 bridgehead atoms. The molecule has 0 nitrogen and oxygen atoms in total. The van der Waals surface area contributed by atoms with Gasteiger partial charge in [0.1, 0.15) is 0 Å². The standard InChI is InChI=1S/C16H19Si.3ClH.Ti/c1-14-9-10-16(13-14)17(11-5-6-12-17)15-7-3-2-4-8-15;;;;/h2-4,7-10,13H,5-6,11-12H2,1H3;3*1H;/q-1;;;;+4/p-3. The maximum atomic E-state index is 2.44. The fourth-order valence-corrected chi connectivity index (χ4v) is 8.52. The summed E-state index contributed by atoms with van der Waals surface area (Å²) in [6, 6.07) is 21.3. The van der Waals surface area contributed by atoms with E-state index in [1.807, 2.05) is 0 Å². The second-order valence-electron chi connectivity index (χ2n) is 5.33. The Bertz CT molecular complexity index is 507. The number of hydrogen-bond donors (Lipinski definition) is 0. The van der Waals surface area contributed by atoms with Gasteiger partial charge < -0.3 is 37.2 Å². The molecule has 1 aliphatic rings. The fourth-order valence-electron chi connectivity index (χ4n) is 3.34. The summed E-state index contributed by atoms with van der Waals surface area (Å²) in [6.45, 7) is 2.21. The van der Waals surface area contributed by atoms with Crippen LogP contribution in [-0.4, -0.2) is 8.07 Å². The van der Waals surface area contributed by atoms with Gasteiger partial charge in [-0.15, -0.1) is 0 Å². The van der Waals surface area contributed by atoms with Crippen molar-refractivity contribution in [1.29, 1.82) is 0 Å². The van der Waals surface area contributed by atoms with Crippen LogP contribution in [0.15, 0.2) is 48.5 Å². The first-order valence-electron chi connectivity index (χ1n) is 6.61. The first kappa shape index (κ1) is 23.6. The quantitative estimate of drug-likeness (QED) is 0.352. The normalized spacial score (nSPS) is 14.9. The van der Waals surface area contributed by atoms with Gasteiger partial charge in [-0.1, -0.05) is 67.4 Å². The minimum absolute atomic E-state index is 0. The molecule has 2 aromatic carbocycles.